The molecule has 0 heterocycles. The van der Waals surface area contributed by atoms with Crippen LogP contribution in [0.15, 0.2) is 24.3 Å². The van der Waals surface area contributed by atoms with E-state index in [2.05, 4.69) is 0 Å². The number of hydrogen-bond acceptors (Lipinski definition) is 3. The van der Waals surface area contributed by atoms with Gasteiger partial charge in [-0.1, -0.05) is 0 Å². The second kappa shape index (κ2) is 4.11. The third kappa shape index (κ3) is 2.23. The quantitative estimate of drug-likeness (QED) is 0.728. The maximum atomic E-state index is 11.5. The zero-order valence-electron chi connectivity index (χ0n) is 8.27. The van der Waals surface area contributed by atoms with Crippen LogP contribution in [0.1, 0.15) is 6.92 Å². The standard InChI is InChI=1S/C10H14N2O2/c1-7(11)10(14)12(2)8-3-5-9(13)6-4-8/h3-7,13H,11H2,1-2H3/t7-/m0/s1. The Morgan fingerprint density at radius 1 is 1.43 bits per heavy atom. The molecule has 0 bridgehead atoms. The van der Waals surface area contributed by atoms with E-state index in [4.69, 9.17) is 10.8 Å². The zero-order chi connectivity index (χ0) is 10.7. The largest absolute Gasteiger partial charge is 0.508 e. The van der Waals surface area contributed by atoms with E-state index in [0.717, 1.165) is 0 Å². The summed E-state index contributed by atoms with van der Waals surface area (Å²) in [5, 5.41) is 9.06. The Balaban J connectivity index is 2.84. The highest BCUT2D eigenvalue weighted by Gasteiger charge is 2.14. The van der Waals surface area contributed by atoms with Gasteiger partial charge in [-0.25, -0.2) is 0 Å². The zero-order valence-corrected chi connectivity index (χ0v) is 8.27. The summed E-state index contributed by atoms with van der Waals surface area (Å²) in [6.45, 7) is 1.64. The number of hydrogen-bond donors (Lipinski definition) is 2. The van der Waals surface area contributed by atoms with Crippen LogP contribution >= 0.6 is 0 Å². The third-order valence-corrected chi connectivity index (χ3v) is 1.96. The lowest BCUT2D eigenvalue weighted by Crippen LogP contribution is -2.39. The van der Waals surface area contributed by atoms with Crippen LogP contribution in [0, 0.1) is 0 Å². The first-order valence-electron chi connectivity index (χ1n) is 4.34. The smallest absolute Gasteiger partial charge is 0.243 e. The van der Waals surface area contributed by atoms with Crippen molar-refractivity contribution in [1.82, 2.24) is 0 Å². The Hall–Kier alpha value is -1.55. The molecule has 0 saturated heterocycles. The van der Waals surface area contributed by atoms with Gasteiger partial charge in [0, 0.05) is 12.7 Å². The first kappa shape index (κ1) is 10.5. The van der Waals surface area contributed by atoms with Crippen molar-refractivity contribution in [1.29, 1.82) is 0 Å². The maximum Gasteiger partial charge on any atom is 0.243 e. The van der Waals surface area contributed by atoms with Crippen LogP contribution in [0.2, 0.25) is 0 Å². The average Bonchev–Trinajstić information content (AvgIpc) is 2.16. The van der Waals surface area contributed by atoms with Crippen LogP contribution in [-0.4, -0.2) is 24.1 Å². The molecule has 0 unspecified atom stereocenters. The van der Waals surface area contributed by atoms with E-state index < -0.39 is 6.04 Å². The van der Waals surface area contributed by atoms with Gasteiger partial charge in [-0.2, -0.15) is 0 Å². The highest BCUT2D eigenvalue weighted by molar-refractivity contribution is 5.96. The number of nitrogens with two attached hydrogens (primary N) is 1. The second-order valence-corrected chi connectivity index (χ2v) is 3.20. The number of aromatic hydroxyl groups is 1. The van der Waals surface area contributed by atoms with Crippen LogP contribution in [0.3, 0.4) is 0 Å². The minimum absolute atomic E-state index is 0.157. The van der Waals surface area contributed by atoms with Gasteiger partial charge in [0.25, 0.3) is 0 Å². The summed E-state index contributed by atoms with van der Waals surface area (Å²) < 4.78 is 0. The molecule has 4 heteroatoms. The van der Waals surface area contributed by atoms with E-state index in [9.17, 15) is 4.79 Å². The molecule has 76 valence electrons. The van der Waals surface area contributed by atoms with Crippen molar-refractivity contribution in [2.75, 3.05) is 11.9 Å². The second-order valence-electron chi connectivity index (χ2n) is 3.20. The molecule has 1 aromatic carbocycles. The topological polar surface area (TPSA) is 66.6 Å². The number of rotatable bonds is 2. The monoisotopic (exact) mass is 194 g/mol. The van der Waals surface area contributed by atoms with Crippen molar-refractivity contribution >= 4 is 11.6 Å². The van der Waals surface area contributed by atoms with E-state index in [1.165, 1.54) is 17.0 Å². The first-order chi connectivity index (χ1) is 6.52. The fourth-order valence-electron chi connectivity index (χ4n) is 1.11. The molecular weight excluding hydrogens is 180 g/mol. The number of carbonyl (C=O) groups is 1. The van der Waals surface area contributed by atoms with Crippen molar-refractivity contribution in [3.63, 3.8) is 0 Å². The molecule has 1 aromatic rings. The molecule has 4 nitrogen and oxygen atoms in total. The van der Waals surface area contributed by atoms with Gasteiger partial charge in [-0.3, -0.25) is 4.79 Å². The van der Waals surface area contributed by atoms with Crippen LogP contribution in [-0.2, 0) is 4.79 Å². The molecule has 0 aliphatic carbocycles. The number of likely N-dealkylation sites (N-methyl/N-ethyl adjacent to an activating group) is 1. The average molecular weight is 194 g/mol. The predicted molar refractivity (Wildman–Crippen MR) is 55.2 cm³/mol. The molecule has 0 spiro atoms. The van der Waals surface area contributed by atoms with Gasteiger partial charge in [-0.05, 0) is 31.2 Å². The number of benzene rings is 1. The van der Waals surface area contributed by atoms with E-state index in [-0.39, 0.29) is 11.7 Å². The van der Waals surface area contributed by atoms with Gasteiger partial charge in [0.05, 0.1) is 6.04 Å². The predicted octanol–water partition coefficient (Wildman–Crippen LogP) is 0.702. The van der Waals surface area contributed by atoms with E-state index in [0.29, 0.717) is 5.69 Å². The molecule has 0 saturated carbocycles. The lowest BCUT2D eigenvalue weighted by atomic mass is 10.2. The molecule has 1 amide bonds. The Morgan fingerprint density at radius 2 is 1.93 bits per heavy atom. The first-order valence-corrected chi connectivity index (χ1v) is 4.34. The number of nitrogens with zero attached hydrogens (tertiary/aromatic N) is 1. The van der Waals surface area contributed by atoms with Gasteiger partial charge in [0.1, 0.15) is 5.75 Å². The minimum Gasteiger partial charge on any atom is -0.508 e. The molecule has 1 atom stereocenters. The summed E-state index contributed by atoms with van der Waals surface area (Å²) in [5.74, 6) is 0.0195. The highest BCUT2D eigenvalue weighted by Crippen LogP contribution is 2.17. The molecular formula is C10H14N2O2. The maximum absolute atomic E-state index is 11.5. The van der Waals surface area contributed by atoms with Crippen molar-refractivity contribution in [2.24, 2.45) is 5.73 Å². The van der Waals surface area contributed by atoms with Crippen LogP contribution in [0.25, 0.3) is 0 Å². The van der Waals surface area contributed by atoms with Crippen molar-refractivity contribution in [3.05, 3.63) is 24.3 Å². The molecule has 0 fully saturated rings. The van der Waals surface area contributed by atoms with Crippen LogP contribution < -0.4 is 10.6 Å². The van der Waals surface area contributed by atoms with Crippen molar-refractivity contribution in [2.45, 2.75) is 13.0 Å². The van der Waals surface area contributed by atoms with E-state index >= 15 is 0 Å². The molecule has 0 aliphatic heterocycles. The van der Waals surface area contributed by atoms with E-state index in [1.54, 1.807) is 26.1 Å². The molecule has 0 aromatic heterocycles. The van der Waals surface area contributed by atoms with Gasteiger partial charge in [0.2, 0.25) is 5.91 Å². The highest BCUT2D eigenvalue weighted by atomic mass is 16.3. The summed E-state index contributed by atoms with van der Waals surface area (Å²) in [4.78, 5) is 12.9. The molecule has 0 radical (unpaired) electrons. The summed E-state index contributed by atoms with van der Waals surface area (Å²) in [5.41, 5.74) is 6.18. The van der Waals surface area contributed by atoms with Crippen LogP contribution in [0.4, 0.5) is 5.69 Å². The fraction of sp³-hybridized carbons (Fsp3) is 0.300. The third-order valence-electron chi connectivity index (χ3n) is 1.96. The number of phenols is 1. The summed E-state index contributed by atoms with van der Waals surface area (Å²) in [6.07, 6.45) is 0. The normalized spacial score (nSPS) is 12.2. The molecule has 1 rings (SSSR count). The minimum atomic E-state index is -0.520. The number of carbonyl (C=O) groups excluding carboxylic acids is 1. The van der Waals surface area contributed by atoms with Gasteiger partial charge in [0.15, 0.2) is 0 Å². The Morgan fingerprint density at radius 3 is 2.36 bits per heavy atom. The number of anilines is 1. The SMILES string of the molecule is C[C@H](N)C(=O)N(C)c1ccc(O)cc1. The molecule has 14 heavy (non-hydrogen) atoms. The number of amides is 1. The lowest BCUT2D eigenvalue weighted by Gasteiger charge is -2.19. The van der Waals surface area contributed by atoms with Gasteiger partial charge < -0.3 is 15.7 Å². The van der Waals surface area contributed by atoms with Gasteiger partial charge in [-0.15, -0.1) is 0 Å². The fourth-order valence-corrected chi connectivity index (χ4v) is 1.11. The van der Waals surface area contributed by atoms with Crippen LogP contribution in [0.5, 0.6) is 5.75 Å². The van der Waals surface area contributed by atoms with Gasteiger partial charge >= 0.3 is 0 Å². The Kier molecular flexibility index (Phi) is 3.09. The molecule has 3 N–H and O–H groups in total. The Bertz CT molecular complexity index is 319. The molecule has 0 aliphatic rings. The van der Waals surface area contributed by atoms with Crippen molar-refractivity contribution < 1.29 is 9.90 Å². The van der Waals surface area contributed by atoms with Crippen molar-refractivity contribution in [3.8, 4) is 5.75 Å². The van der Waals surface area contributed by atoms with E-state index in [1.807, 2.05) is 0 Å². The summed E-state index contributed by atoms with van der Waals surface area (Å²) in [7, 11) is 1.65. The summed E-state index contributed by atoms with van der Waals surface area (Å²) >= 11 is 0. The lowest BCUT2D eigenvalue weighted by molar-refractivity contribution is -0.119. The summed E-state index contributed by atoms with van der Waals surface area (Å²) in [6, 6.07) is 5.86. The Labute approximate surface area is 82.9 Å². The number of phenolic OH excluding ortho intramolecular Hbond substituents is 1.